The molecule has 10 heteroatoms. The number of likely N-dealkylation sites (tertiary alicyclic amines) is 1. The summed E-state index contributed by atoms with van der Waals surface area (Å²) >= 11 is 0. The van der Waals surface area contributed by atoms with Crippen molar-refractivity contribution in [1.82, 2.24) is 10.2 Å². The van der Waals surface area contributed by atoms with Crippen LogP contribution < -0.4 is 15.4 Å². The predicted octanol–water partition coefficient (Wildman–Crippen LogP) is 3.78. The lowest BCUT2D eigenvalue weighted by atomic mass is 10.3. The fourth-order valence-corrected chi connectivity index (χ4v) is 2.56. The highest BCUT2D eigenvalue weighted by molar-refractivity contribution is 6.02. The maximum Gasteiger partial charge on any atom is 0.300 e. The van der Waals surface area contributed by atoms with Gasteiger partial charge in [-0.25, -0.2) is 8.78 Å². The van der Waals surface area contributed by atoms with Gasteiger partial charge >= 0.3 is 0 Å². The molecule has 0 unspecified atom stereocenters. The van der Waals surface area contributed by atoms with Crippen molar-refractivity contribution >= 4 is 23.6 Å². The summed E-state index contributed by atoms with van der Waals surface area (Å²) in [5.41, 5.74) is 0.579. The minimum atomic E-state index is -2.79. The molecule has 1 aliphatic rings. The number of hydrogen-bond donors (Lipinski definition) is 5. The van der Waals surface area contributed by atoms with Crippen molar-refractivity contribution in [3.63, 3.8) is 0 Å². The van der Waals surface area contributed by atoms with Gasteiger partial charge in [0.25, 0.3) is 11.9 Å². The molecule has 5 N–H and O–H groups in total. The lowest BCUT2D eigenvalue weighted by Gasteiger charge is -2.20. The third-order valence-electron chi connectivity index (χ3n) is 3.81. The van der Waals surface area contributed by atoms with E-state index in [4.69, 9.17) is 25.5 Å². The van der Waals surface area contributed by atoms with E-state index in [1.165, 1.54) is 4.90 Å². The van der Waals surface area contributed by atoms with Gasteiger partial charge in [0, 0.05) is 31.6 Å². The van der Waals surface area contributed by atoms with Gasteiger partial charge in [-0.2, -0.15) is 0 Å². The first-order valence-corrected chi connectivity index (χ1v) is 9.01. The van der Waals surface area contributed by atoms with Gasteiger partial charge in [-0.15, -0.1) is 0 Å². The number of ether oxygens (including phenoxy) is 1. The number of alkyl halides is 2. The van der Waals surface area contributed by atoms with Crippen LogP contribution in [0.15, 0.2) is 54.6 Å². The Labute approximate surface area is 172 Å². The van der Waals surface area contributed by atoms with Crippen LogP contribution in [0.1, 0.15) is 13.3 Å². The van der Waals surface area contributed by atoms with Crippen molar-refractivity contribution in [2.45, 2.75) is 19.3 Å². The summed E-state index contributed by atoms with van der Waals surface area (Å²) in [6.45, 7) is 0.666. The summed E-state index contributed by atoms with van der Waals surface area (Å²) in [7, 11) is 0. The van der Waals surface area contributed by atoms with Gasteiger partial charge in [-0.3, -0.25) is 20.9 Å². The van der Waals surface area contributed by atoms with Crippen molar-refractivity contribution in [3.8, 4) is 11.5 Å². The highest BCUT2D eigenvalue weighted by Gasteiger charge is 2.39. The number of hydrogen-bond acceptors (Lipinski definition) is 4. The van der Waals surface area contributed by atoms with E-state index in [0.717, 1.165) is 6.92 Å². The van der Waals surface area contributed by atoms with Crippen LogP contribution in [-0.2, 0) is 4.79 Å². The van der Waals surface area contributed by atoms with E-state index in [9.17, 15) is 8.78 Å². The Balaban J connectivity index is 0.000000735. The molecule has 0 radical (unpaired) electrons. The summed E-state index contributed by atoms with van der Waals surface area (Å²) in [5, 5.41) is 28.4. The van der Waals surface area contributed by atoms with E-state index in [0.29, 0.717) is 17.2 Å². The summed E-state index contributed by atoms with van der Waals surface area (Å²) in [4.78, 5) is 10.2. The first-order valence-electron chi connectivity index (χ1n) is 9.01. The highest BCUT2D eigenvalue weighted by atomic mass is 19.3. The molecule has 1 fully saturated rings. The molecule has 2 aromatic rings. The number of benzene rings is 2. The van der Waals surface area contributed by atoms with Gasteiger partial charge < -0.3 is 20.1 Å². The van der Waals surface area contributed by atoms with Gasteiger partial charge in [0.05, 0.1) is 6.54 Å². The van der Waals surface area contributed by atoms with Crippen LogP contribution >= 0.6 is 0 Å². The maximum atomic E-state index is 13.2. The van der Waals surface area contributed by atoms with Crippen LogP contribution in [0.4, 0.5) is 14.5 Å². The molecule has 3 rings (SSSR count). The zero-order valence-electron chi connectivity index (χ0n) is 16.3. The van der Waals surface area contributed by atoms with Gasteiger partial charge in [0.15, 0.2) is 11.9 Å². The predicted molar refractivity (Wildman–Crippen MR) is 110 cm³/mol. The van der Waals surface area contributed by atoms with Crippen LogP contribution in [-0.4, -0.2) is 46.9 Å². The Morgan fingerprint density at radius 3 is 2.37 bits per heavy atom. The molecule has 0 spiro atoms. The minimum absolute atomic E-state index is 0.0898. The van der Waals surface area contributed by atoms with E-state index in [1.54, 1.807) is 24.3 Å². The molecule has 2 aromatic carbocycles. The smallest absolute Gasteiger partial charge is 0.300 e. The number of carboxylic acids is 1. The minimum Gasteiger partial charge on any atom is -0.481 e. The molecule has 8 nitrogen and oxygen atoms in total. The Hall–Kier alpha value is -3.69. The standard InChI is InChI=1S/C18H19F2N5O.C2H4O2/c19-18(20)9-10-25(12-18)17(22)24-16(21)23-13-5-4-8-15(11-13)26-14-6-2-1-3-7-14;1-2(3)4/h1-8,11H,9-10,12H2,(H4,21,22,23,24);1H3,(H,3,4). The number of para-hydroxylation sites is 1. The lowest BCUT2D eigenvalue weighted by molar-refractivity contribution is -0.134. The van der Waals surface area contributed by atoms with Crippen LogP contribution in [0.2, 0.25) is 0 Å². The molecule has 0 amide bonds. The number of guanidine groups is 2. The van der Waals surface area contributed by atoms with E-state index in [1.807, 2.05) is 30.3 Å². The number of carbonyl (C=O) groups is 1. The van der Waals surface area contributed by atoms with Gasteiger partial charge in [-0.05, 0) is 24.3 Å². The zero-order chi connectivity index (χ0) is 22.1. The average molecular weight is 419 g/mol. The molecule has 0 aliphatic carbocycles. The SMILES string of the molecule is CC(=O)O.N=C(NC(=N)N1CCC(F)(F)C1)Nc1cccc(Oc2ccccc2)c1. The van der Waals surface area contributed by atoms with E-state index >= 15 is 0 Å². The largest absolute Gasteiger partial charge is 0.481 e. The van der Waals surface area contributed by atoms with Crippen LogP contribution in [0.5, 0.6) is 11.5 Å². The van der Waals surface area contributed by atoms with Crippen molar-refractivity contribution in [2.75, 3.05) is 18.4 Å². The van der Waals surface area contributed by atoms with Gasteiger partial charge in [-0.1, -0.05) is 24.3 Å². The number of rotatable bonds is 3. The molecule has 1 saturated heterocycles. The molecule has 0 saturated carbocycles. The first-order chi connectivity index (χ1) is 14.1. The second-order valence-electron chi connectivity index (χ2n) is 6.46. The third-order valence-corrected chi connectivity index (χ3v) is 3.81. The molecule has 0 aromatic heterocycles. The van der Waals surface area contributed by atoms with Gasteiger partial charge in [0.1, 0.15) is 11.5 Å². The number of carboxylic acid groups (broad SMARTS) is 1. The normalized spacial score (nSPS) is 14.2. The van der Waals surface area contributed by atoms with Gasteiger partial charge in [0.2, 0.25) is 0 Å². The third kappa shape index (κ3) is 7.74. The Bertz CT molecular complexity index is 889. The van der Waals surface area contributed by atoms with E-state index in [-0.39, 0.29) is 24.9 Å². The Morgan fingerprint density at radius 2 is 1.77 bits per heavy atom. The molecular formula is C20H23F2N5O3. The number of nitrogens with one attached hydrogen (secondary N) is 4. The fourth-order valence-electron chi connectivity index (χ4n) is 2.56. The number of aliphatic carboxylic acids is 1. The van der Waals surface area contributed by atoms with E-state index in [2.05, 4.69) is 10.6 Å². The van der Waals surface area contributed by atoms with Crippen molar-refractivity contribution < 1.29 is 23.4 Å². The zero-order valence-corrected chi connectivity index (χ0v) is 16.3. The summed E-state index contributed by atoms with van der Waals surface area (Å²) in [5.74, 6) is -2.75. The molecule has 1 aliphatic heterocycles. The Kier molecular flexibility index (Phi) is 7.68. The van der Waals surface area contributed by atoms with Crippen LogP contribution in [0.25, 0.3) is 0 Å². The summed E-state index contributed by atoms with van der Waals surface area (Å²) in [6, 6.07) is 16.3. The average Bonchev–Trinajstić information content (AvgIpc) is 3.02. The quantitative estimate of drug-likeness (QED) is 0.381. The van der Waals surface area contributed by atoms with Crippen molar-refractivity contribution in [2.24, 2.45) is 0 Å². The van der Waals surface area contributed by atoms with E-state index < -0.39 is 18.4 Å². The lowest BCUT2D eigenvalue weighted by Crippen LogP contribution is -2.45. The topological polar surface area (TPSA) is 122 Å². The molecular weight excluding hydrogens is 396 g/mol. The summed E-state index contributed by atoms with van der Waals surface area (Å²) < 4.78 is 32.1. The second-order valence-corrected chi connectivity index (χ2v) is 6.46. The molecule has 30 heavy (non-hydrogen) atoms. The fraction of sp³-hybridized carbons (Fsp3) is 0.250. The molecule has 1 heterocycles. The molecule has 0 bridgehead atoms. The van der Waals surface area contributed by atoms with Crippen molar-refractivity contribution in [1.29, 1.82) is 10.8 Å². The van der Waals surface area contributed by atoms with Crippen LogP contribution in [0.3, 0.4) is 0 Å². The van der Waals surface area contributed by atoms with Crippen LogP contribution in [0, 0.1) is 10.8 Å². The van der Waals surface area contributed by atoms with Crippen molar-refractivity contribution in [3.05, 3.63) is 54.6 Å². The number of nitrogens with zero attached hydrogens (tertiary/aromatic N) is 1. The second kappa shape index (κ2) is 10.2. The monoisotopic (exact) mass is 419 g/mol. The first kappa shape index (κ1) is 22.6. The number of halogens is 2. The highest BCUT2D eigenvalue weighted by Crippen LogP contribution is 2.26. The maximum absolute atomic E-state index is 13.2. The Morgan fingerprint density at radius 1 is 1.13 bits per heavy atom. The molecule has 0 atom stereocenters. The number of anilines is 1. The molecule has 160 valence electrons. The summed E-state index contributed by atoms with van der Waals surface area (Å²) in [6.07, 6.45) is -0.281.